The van der Waals surface area contributed by atoms with E-state index >= 15 is 0 Å². The average Bonchev–Trinajstić information content (AvgIpc) is 2.48. The van der Waals surface area contributed by atoms with Crippen molar-refractivity contribution in [1.82, 2.24) is 0 Å². The molecule has 0 radical (unpaired) electrons. The highest BCUT2D eigenvalue weighted by atomic mass is 16.3. The second-order valence-electron chi connectivity index (χ2n) is 5.56. The van der Waals surface area contributed by atoms with Crippen LogP contribution in [0.15, 0.2) is 0 Å². The van der Waals surface area contributed by atoms with E-state index in [-0.39, 0.29) is 6.04 Å². The predicted molar refractivity (Wildman–Crippen MR) is 57.9 cm³/mol. The van der Waals surface area contributed by atoms with E-state index < -0.39 is 5.60 Å². The summed E-state index contributed by atoms with van der Waals surface area (Å²) in [6.45, 7) is 2.32. The van der Waals surface area contributed by atoms with E-state index in [0.29, 0.717) is 5.92 Å². The summed E-state index contributed by atoms with van der Waals surface area (Å²) in [6, 6.07) is 0.249. The van der Waals surface area contributed by atoms with Crippen molar-refractivity contribution in [2.24, 2.45) is 17.6 Å². The Morgan fingerprint density at radius 1 is 1.14 bits per heavy atom. The highest BCUT2D eigenvalue weighted by molar-refractivity contribution is 4.97. The maximum Gasteiger partial charge on any atom is 0.0691 e. The summed E-state index contributed by atoms with van der Waals surface area (Å²) in [7, 11) is 0. The molecule has 2 heteroatoms. The van der Waals surface area contributed by atoms with Gasteiger partial charge in [-0.15, -0.1) is 0 Å². The molecule has 2 nitrogen and oxygen atoms in total. The summed E-state index contributed by atoms with van der Waals surface area (Å²) in [5.41, 5.74) is 5.48. The van der Waals surface area contributed by atoms with Crippen molar-refractivity contribution in [2.75, 3.05) is 0 Å². The SMILES string of the molecule is CC1CCC(C2(O)CCC(N)C2)CC1. The third-order valence-electron chi connectivity index (χ3n) is 4.34. The topological polar surface area (TPSA) is 46.2 Å². The quantitative estimate of drug-likeness (QED) is 0.676. The van der Waals surface area contributed by atoms with E-state index in [1.807, 2.05) is 0 Å². The van der Waals surface area contributed by atoms with Gasteiger partial charge in [0.2, 0.25) is 0 Å². The Morgan fingerprint density at radius 3 is 2.29 bits per heavy atom. The largest absolute Gasteiger partial charge is 0.390 e. The molecule has 14 heavy (non-hydrogen) atoms. The van der Waals surface area contributed by atoms with Gasteiger partial charge in [-0.2, -0.15) is 0 Å². The minimum absolute atomic E-state index is 0.249. The van der Waals surface area contributed by atoms with Gasteiger partial charge in [0, 0.05) is 6.04 Å². The van der Waals surface area contributed by atoms with Crippen molar-refractivity contribution < 1.29 is 5.11 Å². The van der Waals surface area contributed by atoms with E-state index in [1.54, 1.807) is 0 Å². The molecule has 2 unspecified atom stereocenters. The molecule has 0 heterocycles. The molecule has 0 aromatic rings. The van der Waals surface area contributed by atoms with Crippen molar-refractivity contribution in [1.29, 1.82) is 0 Å². The first-order valence-electron chi connectivity index (χ1n) is 6.08. The van der Waals surface area contributed by atoms with E-state index in [0.717, 1.165) is 25.2 Å². The normalized spacial score (nSPS) is 49.5. The Morgan fingerprint density at radius 2 is 1.79 bits per heavy atom. The Labute approximate surface area is 86.9 Å². The van der Waals surface area contributed by atoms with Crippen LogP contribution in [0.1, 0.15) is 51.9 Å². The number of nitrogens with two attached hydrogens (primary N) is 1. The van der Waals surface area contributed by atoms with Gasteiger partial charge in [0.1, 0.15) is 0 Å². The summed E-state index contributed by atoms with van der Waals surface area (Å²) in [5.74, 6) is 1.40. The second kappa shape index (κ2) is 3.82. The van der Waals surface area contributed by atoms with Crippen LogP contribution in [-0.4, -0.2) is 16.7 Å². The van der Waals surface area contributed by atoms with Gasteiger partial charge in [-0.05, 0) is 43.9 Å². The van der Waals surface area contributed by atoms with Crippen LogP contribution in [0.3, 0.4) is 0 Å². The molecule has 2 rings (SSSR count). The minimum Gasteiger partial charge on any atom is -0.390 e. The fourth-order valence-corrected chi connectivity index (χ4v) is 3.26. The van der Waals surface area contributed by atoms with Gasteiger partial charge in [-0.1, -0.05) is 19.8 Å². The van der Waals surface area contributed by atoms with Crippen LogP contribution < -0.4 is 5.73 Å². The van der Waals surface area contributed by atoms with Crippen molar-refractivity contribution in [3.05, 3.63) is 0 Å². The van der Waals surface area contributed by atoms with Crippen molar-refractivity contribution in [2.45, 2.75) is 63.5 Å². The third kappa shape index (κ3) is 1.96. The number of aliphatic hydroxyl groups is 1. The third-order valence-corrected chi connectivity index (χ3v) is 4.34. The van der Waals surface area contributed by atoms with Gasteiger partial charge in [-0.3, -0.25) is 0 Å². The fraction of sp³-hybridized carbons (Fsp3) is 1.00. The van der Waals surface area contributed by atoms with Gasteiger partial charge in [-0.25, -0.2) is 0 Å². The molecule has 2 fully saturated rings. The molecule has 0 bridgehead atoms. The fourth-order valence-electron chi connectivity index (χ4n) is 3.26. The predicted octanol–water partition coefficient (Wildman–Crippen LogP) is 2.05. The Bertz CT molecular complexity index is 198. The van der Waals surface area contributed by atoms with E-state index in [1.165, 1.54) is 25.7 Å². The van der Waals surface area contributed by atoms with Gasteiger partial charge in [0.15, 0.2) is 0 Å². The number of hydrogen-bond donors (Lipinski definition) is 2. The van der Waals surface area contributed by atoms with Gasteiger partial charge < -0.3 is 10.8 Å². The molecule has 2 aliphatic rings. The molecule has 3 N–H and O–H groups in total. The van der Waals surface area contributed by atoms with Crippen LogP contribution in [0.2, 0.25) is 0 Å². The van der Waals surface area contributed by atoms with Crippen molar-refractivity contribution in [3.8, 4) is 0 Å². The lowest BCUT2D eigenvalue weighted by molar-refractivity contribution is -0.0323. The molecule has 0 saturated heterocycles. The van der Waals surface area contributed by atoms with Crippen LogP contribution >= 0.6 is 0 Å². The summed E-state index contributed by atoms with van der Waals surface area (Å²) in [5, 5.41) is 10.5. The Balaban J connectivity index is 1.94. The first-order chi connectivity index (χ1) is 6.60. The lowest BCUT2D eigenvalue weighted by Crippen LogP contribution is -2.38. The molecule has 2 atom stereocenters. The highest BCUT2D eigenvalue weighted by Crippen LogP contribution is 2.43. The molecule has 0 aromatic carbocycles. The van der Waals surface area contributed by atoms with Gasteiger partial charge >= 0.3 is 0 Å². The first kappa shape index (κ1) is 10.4. The molecule has 2 saturated carbocycles. The van der Waals surface area contributed by atoms with Crippen LogP contribution in [0.5, 0.6) is 0 Å². The lowest BCUT2D eigenvalue weighted by Gasteiger charge is -2.37. The van der Waals surface area contributed by atoms with Crippen molar-refractivity contribution in [3.63, 3.8) is 0 Å². The van der Waals surface area contributed by atoms with E-state index in [9.17, 15) is 5.11 Å². The summed E-state index contributed by atoms with van der Waals surface area (Å²) in [6.07, 6.45) is 7.81. The zero-order valence-electron chi connectivity index (χ0n) is 9.21. The standard InChI is InChI=1S/C12H23NO/c1-9-2-4-10(5-3-9)12(14)7-6-11(13)8-12/h9-11,14H,2-8,13H2,1H3. The second-order valence-corrected chi connectivity index (χ2v) is 5.56. The smallest absolute Gasteiger partial charge is 0.0691 e. The monoisotopic (exact) mass is 197 g/mol. The number of hydrogen-bond acceptors (Lipinski definition) is 2. The first-order valence-corrected chi connectivity index (χ1v) is 6.08. The van der Waals surface area contributed by atoms with Crippen molar-refractivity contribution >= 4 is 0 Å². The summed E-state index contributed by atoms with van der Waals surface area (Å²) >= 11 is 0. The lowest BCUT2D eigenvalue weighted by atomic mass is 9.73. The zero-order chi connectivity index (χ0) is 10.2. The Hall–Kier alpha value is -0.0800. The molecule has 0 aromatic heterocycles. The minimum atomic E-state index is -0.403. The van der Waals surface area contributed by atoms with E-state index in [4.69, 9.17) is 5.73 Å². The maximum absolute atomic E-state index is 10.5. The van der Waals surface area contributed by atoms with Crippen LogP contribution in [0.25, 0.3) is 0 Å². The molecule has 0 amide bonds. The summed E-state index contributed by atoms with van der Waals surface area (Å²) in [4.78, 5) is 0. The highest BCUT2D eigenvalue weighted by Gasteiger charge is 2.43. The Kier molecular flexibility index (Phi) is 2.85. The summed E-state index contributed by atoms with van der Waals surface area (Å²) < 4.78 is 0. The van der Waals surface area contributed by atoms with E-state index in [2.05, 4.69) is 6.92 Å². The molecular formula is C12H23NO. The van der Waals surface area contributed by atoms with Crippen LogP contribution in [0, 0.1) is 11.8 Å². The zero-order valence-corrected chi connectivity index (χ0v) is 9.21. The molecule has 0 aliphatic heterocycles. The van der Waals surface area contributed by atoms with Crippen LogP contribution in [-0.2, 0) is 0 Å². The molecule has 82 valence electrons. The van der Waals surface area contributed by atoms with Crippen LogP contribution in [0.4, 0.5) is 0 Å². The average molecular weight is 197 g/mol. The number of rotatable bonds is 1. The maximum atomic E-state index is 10.5. The molecule has 0 spiro atoms. The molecule has 2 aliphatic carbocycles. The molecular weight excluding hydrogens is 174 g/mol. The van der Waals surface area contributed by atoms with Gasteiger partial charge in [0.25, 0.3) is 0 Å². The van der Waals surface area contributed by atoms with Gasteiger partial charge in [0.05, 0.1) is 5.60 Å².